The third-order valence-corrected chi connectivity index (χ3v) is 5.25. The molecule has 0 saturated heterocycles. The molecule has 0 aromatic heterocycles. The Hall–Kier alpha value is -1.88. The normalized spacial score (nSPS) is 26.7. The molecule has 5 nitrogen and oxygen atoms in total. The molecule has 0 aliphatic heterocycles. The molecule has 3 N–H and O–H groups in total. The van der Waals surface area contributed by atoms with Gasteiger partial charge in [-0.25, -0.2) is 0 Å². The van der Waals surface area contributed by atoms with E-state index in [0.717, 1.165) is 38.5 Å². The SMILES string of the molecule is CC1(CNC(=O)c2ccc(C(=O)NC3CC3)cc2)CCCCC1O. The topological polar surface area (TPSA) is 78.4 Å². The summed E-state index contributed by atoms with van der Waals surface area (Å²) in [5.41, 5.74) is 0.859. The summed E-state index contributed by atoms with van der Waals surface area (Å²) < 4.78 is 0. The second kappa shape index (κ2) is 6.93. The molecule has 2 atom stereocenters. The summed E-state index contributed by atoms with van der Waals surface area (Å²) in [6, 6.07) is 7.05. The third-order valence-electron chi connectivity index (χ3n) is 5.25. The minimum Gasteiger partial charge on any atom is -0.392 e. The van der Waals surface area contributed by atoms with Crippen molar-refractivity contribution in [2.24, 2.45) is 5.41 Å². The van der Waals surface area contributed by atoms with E-state index in [9.17, 15) is 14.7 Å². The van der Waals surface area contributed by atoms with Crippen molar-refractivity contribution in [3.8, 4) is 0 Å². The maximum absolute atomic E-state index is 12.3. The standard InChI is InChI=1S/C19H26N2O3/c1-19(11-3-2-4-16(19)22)12-20-17(23)13-5-7-14(8-6-13)18(24)21-15-9-10-15/h5-8,15-16,22H,2-4,9-12H2,1H3,(H,20,23)(H,21,24). The first-order chi connectivity index (χ1) is 11.5. The minimum atomic E-state index is -0.361. The predicted octanol–water partition coefficient (Wildman–Crippen LogP) is 2.25. The monoisotopic (exact) mass is 330 g/mol. The van der Waals surface area contributed by atoms with Gasteiger partial charge in [0.05, 0.1) is 6.10 Å². The summed E-state index contributed by atoms with van der Waals surface area (Å²) in [6.45, 7) is 2.50. The molecule has 2 amide bonds. The van der Waals surface area contributed by atoms with Crippen LogP contribution in [-0.4, -0.2) is 35.6 Å². The summed E-state index contributed by atoms with van der Waals surface area (Å²) in [4.78, 5) is 24.3. The van der Waals surface area contributed by atoms with Crippen LogP contribution in [0, 0.1) is 5.41 Å². The Balaban J connectivity index is 1.55. The van der Waals surface area contributed by atoms with Crippen molar-refractivity contribution in [3.63, 3.8) is 0 Å². The third kappa shape index (κ3) is 3.96. The number of hydrogen-bond acceptors (Lipinski definition) is 3. The van der Waals surface area contributed by atoms with Gasteiger partial charge in [0.25, 0.3) is 11.8 Å². The maximum Gasteiger partial charge on any atom is 0.251 e. The van der Waals surface area contributed by atoms with Crippen molar-refractivity contribution >= 4 is 11.8 Å². The molecule has 2 aliphatic carbocycles. The van der Waals surface area contributed by atoms with Gasteiger partial charge < -0.3 is 15.7 Å². The van der Waals surface area contributed by atoms with E-state index in [4.69, 9.17) is 0 Å². The van der Waals surface area contributed by atoms with Gasteiger partial charge in [-0.3, -0.25) is 9.59 Å². The summed E-state index contributed by atoms with van der Waals surface area (Å²) in [6.07, 6.45) is 5.61. The van der Waals surface area contributed by atoms with Gasteiger partial charge in [-0.1, -0.05) is 19.8 Å². The summed E-state index contributed by atoms with van der Waals surface area (Å²) in [7, 11) is 0. The quantitative estimate of drug-likeness (QED) is 0.775. The number of nitrogens with one attached hydrogen (secondary N) is 2. The van der Waals surface area contributed by atoms with Crippen LogP contribution in [0.15, 0.2) is 24.3 Å². The summed E-state index contributed by atoms with van der Waals surface area (Å²) >= 11 is 0. The molecule has 1 aromatic rings. The van der Waals surface area contributed by atoms with Crippen molar-refractivity contribution in [3.05, 3.63) is 35.4 Å². The van der Waals surface area contributed by atoms with Crippen LogP contribution in [-0.2, 0) is 0 Å². The van der Waals surface area contributed by atoms with Gasteiger partial charge >= 0.3 is 0 Å². The summed E-state index contributed by atoms with van der Waals surface area (Å²) in [5.74, 6) is -0.245. The molecule has 0 heterocycles. The van der Waals surface area contributed by atoms with Gasteiger partial charge in [-0.2, -0.15) is 0 Å². The van der Waals surface area contributed by atoms with Gasteiger partial charge in [-0.05, 0) is 49.9 Å². The van der Waals surface area contributed by atoms with E-state index in [1.807, 2.05) is 6.92 Å². The fourth-order valence-corrected chi connectivity index (χ4v) is 3.24. The Morgan fingerprint density at radius 2 is 1.71 bits per heavy atom. The molecule has 0 spiro atoms. The highest BCUT2D eigenvalue weighted by atomic mass is 16.3. The molecular formula is C19H26N2O3. The molecule has 5 heteroatoms. The van der Waals surface area contributed by atoms with Gasteiger partial charge in [-0.15, -0.1) is 0 Å². The van der Waals surface area contributed by atoms with E-state index in [0.29, 0.717) is 23.7 Å². The molecule has 130 valence electrons. The zero-order valence-electron chi connectivity index (χ0n) is 14.2. The lowest BCUT2D eigenvalue weighted by atomic mass is 9.73. The molecule has 2 unspecified atom stereocenters. The van der Waals surface area contributed by atoms with E-state index in [2.05, 4.69) is 10.6 Å². The van der Waals surface area contributed by atoms with E-state index < -0.39 is 0 Å². The van der Waals surface area contributed by atoms with E-state index in [1.165, 1.54) is 0 Å². The molecule has 3 rings (SSSR count). The number of aliphatic hydroxyl groups is 1. The highest BCUT2D eigenvalue weighted by Gasteiger charge is 2.35. The number of benzene rings is 1. The maximum atomic E-state index is 12.3. The highest BCUT2D eigenvalue weighted by Crippen LogP contribution is 2.35. The van der Waals surface area contributed by atoms with E-state index in [-0.39, 0.29) is 23.3 Å². The minimum absolute atomic E-state index is 0.0812. The first-order valence-corrected chi connectivity index (χ1v) is 8.85. The Morgan fingerprint density at radius 1 is 1.08 bits per heavy atom. The van der Waals surface area contributed by atoms with Crippen molar-refractivity contribution in [1.82, 2.24) is 10.6 Å². The average Bonchev–Trinajstić information content (AvgIpc) is 3.40. The van der Waals surface area contributed by atoms with Crippen LogP contribution in [0.4, 0.5) is 0 Å². The molecular weight excluding hydrogens is 304 g/mol. The zero-order chi connectivity index (χ0) is 17.2. The smallest absolute Gasteiger partial charge is 0.251 e. The molecule has 24 heavy (non-hydrogen) atoms. The van der Waals surface area contributed by atoms with Gasteiger partial charge in [0, 0.05) is 29.1 Å². The van der Waals surface area contributed by atoms with Gasteiger partial charge in [0.2, 0.25) is 0 Å². The number of rotatable bonds is 5. The average molecular weight is 330 g/mol. The number of amides is 2. The highest BCUT2D eigenvalue weighted by molar-refractivity contribution is 5.98. The van der Waals surface area contributed by atoms with Crippen LogP contribution in [0.3, 0.4) is 0 Å². The van der Waals surface area contributed by atoms with Gasteiger partial charge in [0.15, 0.2) is 0 Å². The van der Waals surface area contributed by atoms with E-state index >= 15 is 0 Å². The van der Waals surface area contributed by atoms with Crippen molar-refractivity contribution in [1.29, 1.82) is 0 Å². The number of carbonyl (C=O) groups excluding carboxylic acids is 2. The summed E-state index contributed by atoms with van der Waals surface area (Å²) in [5, 5.41) is 16.1. The fraction of sp³-hybridized carbons (Fsp3) is 0.579. The molecule has 2 saturated carbocycles. The van der Waals surface area contributed by atoms with Crippen LogP contribution in [0.2, 0.25) is 0 Å². The van der Waals surface area contributed by atoms with Gasteiger partial charge in [0.1, 0.15) is 0 Å². The lowest BCUT2D eigenvalue weighted by Crippen LogP contribution is -2.45. The lowest BCUT2D eigenvalue weighted by molar-refractivity contribution is 0.00190. The Morgan fingerprint density at radius 3 is 2.29 bits per heavy atom. The largest absolute Gasteiger partial charge is 0.392 e. The molecule has 0 bridgehead atoms. The Bertz CT molecular complexity index is 610. The van der Waals surface area contributed by atoms with Crippen molar-refractivity contribution < 1.29 is 14.7 Å². The van der Waals surface area contributed by atoms with Crippen LogP contribution in [0.5, 0.6) is 0 Å². The number of aliphatic hydroxyl groups excluding tert-OH is 1. The number of carbonyl (C=O) groups is 2. The van der Waals surface area contributed by atoms with Crippen LogP contribution in [0.1, 0.15) is 66.2 Å². The molecule has 1 aromatic carbocycles. The second-order valence-electron chi connectivity index (χ2n) is 7.42. The van der Waals surface area contributed by atoms with Crippen LogP contribution in [0.25, 0.3) is 0 Å². The second-order valence-corrected chi connectivity index (χ2v) is 7.42. The van der Waals surface area contributed by atoms with Crippen molar-refractivity contribution in [2.75, 3.05) is 6.54 Å². The Labute approximate surface area is 142 Å². The predicted molar refractivity (Wildman–Crippen MR) is 91.8 cm³/mol. The van der Waals surface area contributed by atoms with Crippen molar-refractivity contribution in [2.45, 2.75) is 57.6 Å². The van der Waals surface area contributed by atoms with Crippen LogP contribution >= 0.6 is 0 Å². The first-order valence-electron chi connectivity index (χ1n) is 8.85. The lowest BCUT2D eigenvalue weighted by Gasteiger charge is -2.38. The Kier molecular flexibility index (Phi) is 4.90. The zero-order valence-corrected chi connectivity index (χ0v) is 14.2. The molecule has 0 radical (unpaired) electrons. The van der Waals surface area contributed by atoms with E-state index in [1.54, 1.807) is 24.3 Å². The molecule has 2 aliphatic rings. The number of hydrogen-bond donors (Lipinski definition) is 3. The first kappa shape index (κ1) is 17.0. The fourth-order valence-electron chi connectivity index (χ4n) is 3.24. The molecule has 2 fully saturated rings. The van der Waals surface area contributed by atoms with Crippen LogP contribution < -0.4 is 10.6 Å².